The van der Waals surface area contributed by atoms with Gasteiger partial charge in [-0.3, -0.25) is 4.79 Å². The molecule has 0 aliphatic rings. The molecule has 0 atom stereocenters. The fourth-order valence-corrected chi connectivity index (χ4v) is 3.67. The molecule has 4 aromatic rings. The maximum atomic E-state index is 13.2. The van der Waals surface area contributed by atoms with E-state index in [9.17, 15) is 9.59 Å². The van der Waals surface area contributed by atoms with E-state index in [2.05, 4.69) is 5.32 Å². The van der Waals surface area contributed by atoms with Crippen molar-refractivity contribution in [1.82, 2.24) is 4.98 Å². The van der Waals surface area contributed by atoms with Crippen LogP contribution in [0.25, 0.3) is 22.2 Å². The fraction of sp³-hybridized carbons (Fsp3) is 0.148. The minimum Gasteiger partial charge on any atom is -0.497 e. The van der Waals surface area contributed by atoms with Crippen LogP contribution in [0.1, 0.15) is 34.6 Å². The Kier molecular flexibility index (Phi) is 6.36. The van der Waals surface area contributed by atoms with Crippen LogP contribution in [0.3, 0.4) is 0 Å². The van der Waals surface area contributed by atoms with Gasteiger partial charge in [-0.1, -0.05) is 42.5 Å². The Hall–Kier alpha value is -4.19. The smallest absolute Gasteiger partial charge is 0.342 e. The van der Waals surface area contributed by atoms with Gasteiger partial charge >= 0.3 is 5.97 Å². The SMILES string of the molecule is CCOC(=O)c1c(-c2ccccc2)nc2ccc(OC)cc2c1Nc1cccc(C(C)=O)c1. The van der Waals surface area contributed by atoms with Crippen LogP contribution in [-0.2, 0) is 4.74 Å². The number of ketones is 1. The fourth-order valence-electron chi connectivity index (χ4n) is 3.67. The number of ether oxygens (including phenoxy) is 2. The number of Topliss-reactive ketones (excluding diaryl/α,β-unsaturated/α-hetero) is 1. The second kappa shape index (κ2) is 9.53. The summed E-state index contributed by atoms with van der Waals surface area (Å²) in [5.41, 5.74) is 4.08. The summed E-state index contributed by atoms with van der Waals surface area (Å²) in [5.74, 6) is 0.0985. The predicted molar refractivity (Wildman–Crippen MR) is 129 cm³/mol. The molecule has 33 heavy (non-hydrogen) atoms. The number of esters is 1. The lowest BCUT2D eigenvalue weighted by molar-refractivity contribution is 0.0528. The van der Waals surface area contributed by atoms with Crippen LogP contribution in [0.15, 0.2) is 72.8 Å². The van der Waals surface area contributed by atoms with Crippen molar-refractivity contribution in [3.05, 3.63) is 83.9 Å². The molecule has 0 radical (unpaired) electrons. The van der Waals surface area contributed by atoms with E-state index in [0.717, 1.165) is 5.56 Å². The Balaban J connectivity index is 2.03. The molecule has 1 heterocycles. The van der Waals surface area contributed by atoms with E-state index in [-0.39, 0.29) is 12.4 Å². The molecule has 3 aromatic carbocycles. The number of anilines is 2. The minimum absolute atomic E-state index is 0.0458. The zero-order chi connectivity index (χ0) is 23.4. The first-order valence-electron chi connectivity index (χ1n) is 10.6. The number of fused-ring (bicyclic) bond motifs is 1. The Morgan fingerprint density at radius 1 is 0.970 bits per heavy atom. The van der Waals surface area contributed by atoms with Crippen LogP contribution >= 0.6 is 0 Å². The second-order valence-electron chi connectivity index (χ2n) is 7.44. The van der Waals surface area contributed by atoms with Gasteiger partial charge in [-0.15, -0.1) is 0 Å². The van der Waals surface area contributed by atoms with Gasteiger partial charge in [-0.05, 0) is 44.2 Å². The molecule has 6 heteroatoms. The molecule has 166 valence electrons. The molecule has 0 aliphatic carbocycles. The summed E-state index contributed by atoms with van der Waals surface area (Å²) in [6.45, 7) is 3.51. The molecule has 0 unspecified atom stereocenters. The van der Waals surface area contributed by atoms with E-state index in [4.69, 9.17) is 14.5 Å². The summed E-state index contributed by atoms with van der Waals surface area (Å²) >= 11 is 0. The highest BCUT2D eigenvalue weighted by Crippen LogP contribution is 2.38. The molecule has 0 bridgehead atoms. The maximum Gasteiger partial charge on any atom is 0.342 e. The number of hydrogen-bond donors (Lipinski definition) is 1. The molecular weight excluding hydrogens is 416 g/mol. The minimum atomic E-state index is -0.487. The highest BCUT2D eigenvalue weighted by Gasteiger charge is 2.24. The lowest BCUT2D eigenvalue weighted by Crippen LogP contribution is -2.12. The number of benzene rings is 3. The Labute approximate surface area is 192 Å². The first-order valence-corrected chi connectivity index (χ1v) is 10.6. The lowest BCUT2D eigenvalue weighted by atomic mass is 10.00. The molecule has 0 saturated carbocycles. The summed E-state index contributed by atoms with van der Waals surface area (Å²) in [5, 5.41) is 4.06. The zero-order valence-corrected chi connectivity index (χ0v) is 18.7. The molecule has 4 rings (SSSR count). The van der Waals surface area contributed by atoms with Crippen LogP contribution in [-0.4, -0.2) is 30.5 Å². The monoisotopic (exact) mass is 440 g/mol. The molecule has 6 nitrogen and oxygen atoms in total. The Morgan fingerprint density at radius 2 is 1.76 bits per heavy atom. The zero-order valence-electron chi connectivity index (χ0n) is 18.7. The largest absolute Gasteiger partial charge is 0.497 e. The molecule has 0 amide bonds. The summed E-state index contributed by atoms with van der Waals surface area (Å²) in [6, 6.07) is 22.2. The molecule has 1 N–H and O–H groups in total. The predicted octanol–water partition coefficient (Wildman–Crippen LogP) is 6.03. The van der Waals surface area contributed by atoms with Gasteiger partial charge in [0.25, 0.3) is 0 Å². The maximum absolute atomic E-state index is 13.2. The number of nitrogens with one attached hydrogen (secondary N) is 1. The van der Waals surface area contributed by atoms with Crippen LogP contribution in [0.2, 0.25) is 0 Å². The van der Waals surface area contributed by atoms with Gasteiger partial charge in [0.15, 0.2) is 5.78 Å². The first-order chi connectivity index (χ1) is 16.0. The van der Waals surface area contributed by atoms with E-state index in [1.165, 1.54) is 6.92 Å². The van der Waals surface area contributed by atoms with E-state index in [0.29, 0.717) is 44.8 Å². The van der Waals surface area contributed by atoms with Crippen molar-refractivity contribution in [2.24, 2.45) is 0 Å². The molecule has 0 fully saturated rings. The highest BCUT2D eigenvalue weighted by atomic mass is 16.5. The number of methoxy groups -OCH3 is 1. The molecule has 0 spiro atoms. The van der Waals surface area contributed by atoms with Gasteiger partial charge in [0.1, 0.15) is 11.3 Å². The van der Waals surface area contributed by atoms with Gasteiger partial charge in [0.05, 0.1) is 30.6 Å². The number of aromatic nitrogens is 1. The highest BCUT2D eigenvalue weighted by molar-refractivity contribution is 6.11. The van der Waals surface area contributed by atoms with E-state index < -0.39 is 5.97 Å². The third kappa shape index (κ3) is 4.55. The van der Waals surface area contributed by atoms with Crippen LogP contribution in [0.4, 0.5) is 11.4 Å². The van der Waals surface area contributed by atoms with E-state index in [1.807, 2.05) is 54.6 Å². The van der Waals surface area contributed by atoms with Crippen molar-refractivity contribution in [2.45, 2.75) is 13.8 Å². The van der Waals surface area contributed by atoms with Crippen molar-refractivity contribution in [3.63, 3.8) is 0 Å². The Morgan fingerprint density at radius 3 is 2.45 bits per heavy atom. The van der Waals surface area contributed by atoms with Crippen molar-refractivity contribution in [2.75, 3.05) is 19.0 Å². The quantitative estimate of drug-likeness (QED) is 0.279. The molecule has 0 saturated heterocycles. The van der Waals surface area contributed by atoms with Crippen LogP contribution in [0.5, 0.6) is 5.75 Å². The molecular formula is C27H24N2O4. The van der Waals surface area contributed by atoms with Gasteiger partial charge < -0.3 is 14.8 Å². The van der Waals surface area contributed by atoms with Crippen molar-refractivity contribution >= 4 is 34.0 Å². The number of pyridine rings is 1. The van der Waals surface area contributed by atoms with Gasteiger partial charge in [-0.2, -0.15) is 0 Å². The third-order valence-electron chi connectivity index (χ3n) is 5.26. The van der Waals surface area contributed by atoms with Crippen molar-refractivity contribution in [3.8, 4) is 17.0 Å². The van der Waals surface area contributed by atoms with Crippen LogP contribution in [0, 0.1) is 0 Å². The summed E-state index contributed by atoms with van der Waals surface area (Å²) in [7, 11) is 1.59. The first kappa shape index (κ1) is 22.0. The topological polar surface area (TPSA) is 77.5 Å². The average molecular weight is 440 g/mol. The van der Waals surface area contributed by atoms with E-state index >= 15 is 0 Å². The molecule has 1 aromatic heterocycles. The normalized spacial score (nSPS) is 10.6. The lowest BCUT2D eigenvalue weighted by Gasteiger charge is -2.18. The molecule has 0 aliphatic heterocycles. The van der Waals surface area contributed by atoms with E-state index in [1.54, 1.807) is 32.2 Å². The number of carbonyl (C=O) groups excluding carboxylic acids is 2. The van der Waals surface area contributed by atoms with Crippen molar-refractivity contribution in [1.29, 1.82) is 0 Å². The average Bonchev–Trinajstić information content (AvgIpc) is 2.84. The van der Waals surface area contributed by atoms with Crippen molar-refractivity contribution < 1.29 is 19.1 Å². The number of carbonyl (C=O) groups is 2. The number of hydrogen-bond acceptors (Lipinski definition) is 6. The Bertz CT molecular complexity index is 1330. The third-order valence-corrected chi connectivity index (χ3v) is 5.26. The van der Waals surface area contributed by atoms with Gasteiger partial charge in [0, 0.05) is 22.2 Å². The standard InChI is InChI=1S/C27H24N2O4/c1-4-33-27(31)24-25(18-9-6-5-7-10-18)29-23-14-13-21(32-3)16-22(23)26(24)28-20-12-8-11-19(15-20)17(2)30/h5-16H,4H2,1-3H3,(H,28,29). The number of nitrogens with zero attached hydrogens (tertiary/aromatic N) is 1. The van der Waals surface area contributed by atoms with Gasteiger partial charge in [0.2, 0.25) is 0 Å². The summed E-state index contributed by atoms with van der Waals surface area (Å²) in [6.07, 6.45) is 0. The number of rotatable bonds is 7. The van der Waals surface area contributed by atoms with Crippen LogP contribution < -0.4 is 10.1 Å². The summed E-state index contributed by atoms with van der Waals surface area (Å²) < 4.78 is 10.9. The van der Waals surface area contributed by atoms with Gasteiger partial charge in [-0.25, -0.2) is 9.78 Å². The summed E-state index contributed by atoms with van der Waals surface area (Å²) in [4.78, 5) is 30.0. The second-order valence-corrected chi connectivity index (χ2v) is 7.44.